The molecule has 0 aliphatic carbocycles. The van der Waals surface area contributed by atoms with E-state index in [2.05, 4.69) is 10.3 Å². The Morgan fingerprint density at radius 3 is 3.00 bits per heavy atom. The molecular formula is C3H5ClNO. The van der Waals surface area contributed by atoms with Crippen LogP contribution in [0, 0.1) is 6.42 Å². The van der Waals surface area contributed by atoms with Crippen molar-refractivity contribution in [3.05, 3.63) is 6.42 Å². The Morgan fingerprint density at radius 1 is 2.00 bits per heavy atom. The van der Waals surface area contributed by atoms with Crippen molar-refractivity contribution in [3.8, 4) is 0 Å². The van der Waals surface area contributed by atoms with Crippen LogP contribution in [0.4, 0.5) is 0 Å². The zero-order valence-electron chi connectivity index (χ0n) is 3.15. The summed E-state index contributed by atoms with van der Waals surface area (Å²) in [6.45, 7) is 0.619. The molecule has 1 aliphatic rings. The third-order valence-corrected chi connectivity index (χ3v) is 0.850. The van der Waals surface area contributed by atoms with Gasteiger partial charge in [-0.3, -0.25) is 4.84 Å². The van der Waals surface area contributed by atoms with Gasteiger partial charge in [-0.25, -0.2) is 0 Å². The van der Waals surface area contributed by atoms with Crippen LogP contribution in [0.1, 0.15) is 0 Å². The van der Waals surface area contributed by atoms with E-state index in [0.717, 1.165) is 0 Å². The minimum Gasteiger partial charge on any atom is -0.300 e. The van der Waals surface area contributed by atoms with Gasteiger partial charge in [-0.1, -0.05) is 0 Å². The minimum absolute atomic E-state index is 0.0787. The Morgan fingerprint density at radius 2 is 2.83 bits per heavy atom. The van der Waals surface area contributed by atoms with E-state index in [4.69, 9.17) is 11.6 Å². The Bertz CT molecular complexity index is 44.1. The molecule has 0 aromatic rings. The van der Waals surface area contributed by atoms with E-state index < -0.39 is 0 Å². The second-order valence-electron chi connectivity index (χ2n) is 1.07. The lowest BCUT2D eigenvalue weighted by atomic mass is 10.5. The highest BCUT2D eigenvalue weighted by molar-refractivity contribution is 6.21. The predicted molar refractivity (Wildman–Crippen MR) is 23.0 cm³/mol. The first-order valence-electron chi connectivity index (χ1n) is 1.74. The van der Waals surface area contributed by atoms with Crippen LogP contribution in [0.3, 0.4) is 0 Å². The number of alkyl halides is 1. The lowest BCUT2D eigenvalue weighted by Crippen LogP contribution is -2.11. The molecule has 1 radical (unpaired) electrons. The summed E-state index contributed by atoms with van der Waals surface area (Å²) in [4.78, 5) is 4.62. The number of rotatable bonds is 0. The molecule has 1 rings (SSSR count). The van der Waals surface area contributed by atoms with Crippen LogP contribution >= 0.6 is 11.6 Å². The predicted octanol–water partition coefficient (Wildman–Crippen LogP) is 0.290. The molecule has 0 saturated carbocycles. The fourth-order valence-corrected chi connectivity index (χ4v) is 0.444. The molecular weight excluding hydrogens is 101 g/mol. The smallest absolute Gasteiger partial charge is 0.111 e. The number of hydrogen-bond donors (Lipinski definition) is 1. The van der Waals surface area contributed by atoms with Crippen molar-refractivity contribution in [2.45, 2.75) is 5.50 Å². The van der Waals surface area contributed by atoms with Crippen molar-refractivity contribution < 1.29 is 4.84 Å². The Kier molecular flexibility index (Phi) is 1.29. The molecule has 35 valence electrons. The van der Waals surface area contributed by atoms with E-state index >= 15 is 0 Å². The summed E-state index contributed by atoms with van der Waals surface area (Å²) in [5.41, 5.74) is 2.45. The van der Waals surface area contributed by atoms with E-state index in [1.54, 1.807) is 0 Å². The number of hydrogen-bond acceptors (Lipinski definition) is 2. The molecule has 1 unspecified atom stereocenters. The molecule has 0 aromatic heterocycles. The Balaban J connectivity index is 2.18. The van der Waals surface area contributed by atoms with Crippen molar-refractivity contribution in [2.75, 3.05) is 6.61 Å². The highest BCUT2D eigenvalue weighted by Gasteiger charge is 2.09. The quantitative estimate of drug-likeness (QED) is 0.354. The van der Waals surface area contributed by atoms with Gasteiger partial charge in [0.25, 0.3) is 0 Å². The van der Waals surface area contributed by atoms with Gasteiger partial charge in [0.15, 0.2) is 0 Å². The van der Waals surface area contributed by atoms with Crippen molar-refractivity contribution in [1.29, 1.82) is 0 Å². The maximum absolute atomic E-state index is 5.42. The minimum atomic E-state index is -0.0787. The molecule has 1 saturated heterocycles. The monoisotopic (exact) mass is 106 g/mol. The lowest BCUT2D eigenvalue weighted by Gasteiger charge is -1.89. The first kappa shape index (κ1) is 4.37. The third kappa shape index (κ3) is 0.834. The first-order valence-corrected chi connectivity index (χ1v) is 2.18. The van der Waals surface area contributed by atoms with E-state index in [1.165, 1.54) is 0 Å². The summed E-state index contributed by atoms with van der Waals surface area (Å²) in [6, 6.07) is 0. The molecule has 3 heteroatoms. The second kappa shape index (κ2) is 1.78. The van der Waals surface area contributed by atoms with Crippen molar-refractivity contribution in [2.24, 2.45) is 0 Å². The third-order valence-electron chi connectivity index (χ3n) is 0.582. The molecule has 6 heavy (non-hydrogen) atoms. The van der Waals surface area contributed by atoms with E-state index in [1.807, 2.05) is 6.42 Å². The Labute approximate surface area is 41.4 Å². The fraction of sp³-hybridized carbons (Fsp3) is 0.667. The summed E-state index contributed by atoms with van der Waals surface area (Å²) in [6.07, 6.45) is 1.83. The molecule has 1 fully saturated rings. The zero-order valence-corrected chi connectivity index (χ0v) is 3.90. The largest absolute Gasteiger partial charge is 0.300 e. The average Bonchev–Trinajstić information content (AvgIpc) is 1.86. The molecule has 1 atom stereocenters. The summed E-state index contributed by atoms with van der Waals surface area (Å²) in [5, 5.41) is 0. The molecule has 1 N–H and O–H groups in total. The lowest BCUT2D eigenvalue weighted by molar-refractivity contribution is 0.101. The normalized spacial score (nSPS) is 34.5. The maximum Gasteiger partial charge on any atom is 0.111 e. The van der Waals surface area contributed by atoms with E-state index in [0.29, 0.717) is 6.61 Å². The van der Waals surface area contributed by atoms with E-state index in [9.17, 15) is 0 Å². The first-order chi connectivity index (χ1) is 2.89. The topological polar surface area (TPSA) is 21.3 Å². The van der Waals surface area contributed by atoms with Crippen molar-refractivity contribution in [1.82, 2.24) is 5.48 Å². The molecule has 1 aliphatic heterocycles. The van der Waals surface area contributed by atoms with Crippen LogP contribution < -0.4 is 5.48 Å². The summed E-state index contributed by atoms with van der Waals surface area (Å²) < 4.78 is 0. The van der Waals surface area contributed by atoms with E-state index in [-0.39, 0.29) is 5.50 Å². The van der Waals surface area contributed by atoms with Crippen LogP contribution in [0.5, 0.6) is 0 Å². The second-order valence-corrected chi connectivity index (χ2v) is 1.54. The highest BCUT2D eigenvalue weighted by Crippen LogP contribution is 2.01. The maximum atomic E-state index is 5.42. The van der Waals surface area contributed by atoms with Gasteiger partial charge in [0, 0.05) is 6.42 Å². The van der Waals surface area contributed by atoms with Gasteiger partial charge in [0.05, 0.1) is 6.61 Å². The molecule has 0 bridgehead atoms. The van der Waals surface area contributed by atoms with Gasteiger partial charge in [-0.15, -0.1) is 11.6 Å². The zero-order chi connectivity index (χ0) is 4.41. The number of hydroxylamine groups is 1. The molecule has 1 heterocycles. The van der Waals surface area contributed by atoms with Gasteiger partial charge in [-0.2, -0.15) is 5.48 Å². The molecule has 0 spiro atoms. The standard InChI is InChI=1S/C3H5ClNO/c4-3-1-2-6-5-3/h1,3,5H,2H2. The molecule has 0 amide bonds. The van der Waals surface area contributed by atoms with Crippen molar-refractivity contribution in [3.63, 3.8) is 0 Å². The molecule has 2 nitrogen and oxygen atoms in total. The number of nitrogens with one attached hydrogen (secondary N) is 1. The van der Waals surface area contributed by atoms with Crippen molar-refractivity contribution >= 4 is 11.6 Å². The average molecular weight is 107 g/mol. The summed E-state index contributed by atoms with van der Waals surface area (Å²) in [5.74, 6) is 0. The van der Waals surface area contributed by atoms with Crippen LogP contribution in [0.2, 0.25) is 0 Å². The summed E-state index contributed by atoms with van der Waals surface area (Å²) >= 11 is 5.42. The summed E-state index contributed by atoms with van der Waals surface area (Å²) in [7, 11) is 0. The Hall–Kier alpha value is 0.210. The highest BCUT2D eigenvalue weighted by atomic mass is 35.5. The van der Waals surface area contributed by atoms with Gasteiger partial charge < -0.3 is 0 Å². The van der Waals surface area contributed by atoms with Crippen LogP contribution in [0.25, 0.3) is 0 Å². The molecule has 0 aromatic carbocycles. The van der Waals surface area contributed by atoms with Crippen LogP contribution in [-0.4, -0.2) is 12.1 Å². The van der Waals surface area contributed by atoms with Crippen LogP contribution in [-0.2, 0) is 4.84 Å². The van der Waals surface area contributed by atoms with Gasteiger partial charge in [0.1, 0.15) is 5.50 Å². The van der Waals surface area contributed by atoms with Gasteiger partial charge in [0.2, 0.25) is 0 Å². The SMILES string of the molecule is ClC1[CH]CON1. The van der Waals surface area contributed by atoms with Gasteiger partial charge in [-0.05, 0) is 0 Å². The van der Waals surface area contributed by atoms with Gasteiger partial charge >= 0.3 is 0 Å². The number of halogens is 1. The fourth-order valence-electron chi connectivity index (χ4n) is 0.308. The van der Waals surface area contributed by atoms with Crippen LogP contribution in [0.15, 0.2) is 0 Å².